The van der Waals surface area contributed by atoms with E-state index in [-0.39, 0.29) is 6.10 Å². The molecule has 0 amide bonds. The minimum atomic E-state index is -0.884. The second kappa shape index (κ2) is 4.93. The molecule has 0 aromatic carbocycles. The van der Waals surface area contributed by atoms with Crippen molar-refractivity contribution in [2.75, 3.05) is 6.61 Å². The van der Waals surface area contributed by atoms with Crippen LogP contribution in [0.2, 0.25) is 0 Å². The van der Waals surface area contributed by atoms with Crippen LogP contribution in [0.4, 0.5) is 0 Å². The third kappa shape index (κ3) is 2.59. The molecule has 0 aliphatic carbocycles. The van der Waals surface area contributed by atoms with Gasteiger partial charge in [-0.15, -0.1) is 11.3 Å². The number of carboxylic acids is 1. The van der Waals surface area contributed by atoms with Crippen LogP contribution in [0.15, 0.2) is 0 Å². The second-order valence-corrected chi connectivity index (χ2v) is 5.10. The molecule has 16 heavy (non-hydrogen) atoms. The molecule has 1 aliphatic heterocycles. The van der Waals surface area contributed by atoms with Gasteiger partial charge < -0.3 is 9.84 Å². The van der Waals surface area contributed by atoms with Crippen molar-refractivity contribution in [1.82, 2.24) is 4.98 Å². The van der Waals surface area contributed by atoms with Crippen LogP contribution in [-0.2, 0) is 11.2 Å². The van der Waals surface area contributed by atoms with E-state index in [1.54, 1.807) is 6.92 Å². The van der Waals surface area contributed by atoms with Gasteiger partial charge in [0, 0.05) is 13.0 Å². The lowest BCUT2D eigenvalue weighted by atomic mass is 10.1. The molecule has 1 unspecified atom stereocenters. The third-order valence-electron chi connectivity index (χ3n) is 2.71. The van der Waals surface area contributed by atoms with E-state index >= 15 is 0 Å². The lowest BCUT2D eigenvalue weighted by Crippen LogP contribution is -2.21. The summed E-state index contributed by atoms with van der Waals surface area (Å²) in [5.41, 5.74) is 0.614. The fraction of sp³-hybridized carbons (Fsp3) is 0.636. The number of thiazole rings is 1. The molecule has 0 radical (unpaired) electrons. The average molecular weight is 241 g/mol. The highest BCUT2D eigenvalue weighted by molar-refractivity contribution is 7.13. The quantitative estimate of drug-likeness (QED) is 0.881. The third-order valence-corrected chi connectivity index (χ3v) is 3.88. The molecule has 1 aromatic heterocycles. The van der Waals surface area contributed by atoms with E-state index in [1.807, 2.05) is 0 Å². The first kappa shape index (κ1) is 11.5. The first-order valence-corrected chi connectivity index (χ1v) is 6.29. The summed E-state index contributed by atoms with van der Waals surface area (Å²) < 4.78 is 5.61. The number of ether oxygens (including phenoxy) is 1. The van der Waals surface area contributed by atoms with E-state index in [0.717, 1.165) is 30.9 Å². The van der Waals surface area contributed by atoms with Crippen molar-refractivity contribution in [3.63, 3.8) is 0 Å². The van der Waals surface area contributed by atoms with E-state index in [1.165, 1.54) is 17.8 Å². The zero-order chi connectivity index (χ0) is 11.5. The van der Waals surface area contributed by atoms with E-state index in [0.29, 0.717) is 10.6 Å². The van der Waals surface area contributed by atoms with Gasteiger partial charge >= 0.3 is 5.97 Å². The highest BCUT2D eigenvalue weighted by Crippen LogP contribution is 2.23. The topological polar surface area (TPSA) is 59.4 Å². The summed E-state index contributed by atoms with van der Waals surface area (Å²) in [4.78, 5) is 15.5. The lowest BCUT2D eigenvalue weighted by molar-refractivity contribution is 0.0167. The van der Waals surface area contributed by atoms with Gasteiger partial charge in [0.15, 0.2) is 0 Å². The number of rotatable bonds is 3. The predicted octanol–water partition coefficient (Wildman–Crippen LogP) is 2.26. The van der Waals surface area contributed by atoms with Gasteiger partial charge in [-0.3, -0.25) is 0 Å². The number of hydrogen-bond donors (Lipinski definition) is 1. The molecule has 1 N–H and O–H groups in total. The largest absolute Gasteiger partial charge is 0.477 e. The zero-order valence-corrected chi connectivity index (χ0v) is 10.0. The van der Waals surface area contributed by atoms with Gasteiger partial charge in [0.1, 0.15) is 4.88 Å². The van der Waals surface area contributed by atoms with E-state index in [4.69, 9.17) is 9.84 Å². The van der Waals surface area contributed by atoms with Gasteiger partial charge in [0.25, 0.3) is 0 Å². The highest BCUT2D eigenvalue weighted by Gasteiger charge is 2.19. The normalized spacial score (nSPS) is 20.9. The van der Waals surface area contributed by atoms with Crippen LogP contribution in [-0.4, -0.2) is 28.8 Å². The molecule has 2 heterocycles. The van der Waals surface area contributed by atoms with Crippen LogP contribution in [0, 0.1) is 6.92 Å². The molecule has 1 fully saturated rings. The summed E-state index contributed by atoms with van der Waals surface area (Å²) >= 11 is 1.27. The Balaban J connectivity index is 2.03. The van der Waals surface area contributed by atoms with Crippen LogP contribution in [0.5, 0.6) is 0 Å². The number of aromatic nitrogens is 1. The van der Waals surface area contributed by atoms with Gasteiger partial charge in [0.05, 0.1) is 16.8 Å². The smallest absolute Gasteiger partial charge is 0.347 e. The minimum absolute atomic E-state index is 0.223. The zero-order valence-electron chi connectivity index (χ0n) is 9.23. The Hall–Kier alpha value is -0.940. The Labute approximate surface area is 98.3 Å². The molecule has 1 aliphatic rings. The van der Waals surface area contributed by atoms with Crippen LogP contribution >= 0.6 is 11.3 Å². The molecular weight excluding hydrogens is 226 g/mol. The van der Waals surface area contributed by atoms with Gasteiger partial charge in [-0.05, 0) is 26.2 Å². The SMILES string of the molecule is Cc1nc(CC2CCCCO2)sc1C(=O)O. The molecular formula is C11H15NO3S. The Morgan fingerprint density at radius 2 is 2.44 bits per heavy atom. The molecule has 4 nitrogen and oxygen atoms in total. The molecule has 88 valence electrons. The van der Waals surface area contributed by atoms with Crippen molar-refractivity contribution in [3.8, 4) is 0 Å². The average Bonchev–Trinajstić information content (AvgIpc) is 2.61. The van der Waals surface area contributed by atoms with Gasteiger partial charge in [0.2, 0.25) is 0 Å². The number of nitrogens with zero attached hydrogens (tertiary/aromatic N) is 1. The molecule has 0 bridgehead atoms. The predicted molar refractivity (Wildman–Crippen MR) is 61.1 cm³/mol. The van der Waals surface area contributed by atoms with Crippen molar-refractivity contribution in [3.05, 3.63) is 15.6 Å². The number of hydrogen-bond acceptors (Lipinski definition) is 4. The van der Waals surface area contributed by atoms with Crippen LogP contribution in [0.1, 0.15) is 39.6 Å². The molecule has 1 saturated heterocycles. The van der Waals surface area contributed by atoms with Gasteiger partial charge in [-0.25, -0.2) is 9.78 Å². The molecule has 1 atom stereocenters. The maximum Gasteiger partial charge on any atom is 0.347 e. The van der Waals surface area contributed by atoms with Crippen molar-refractivity contribution < 1.29 is 14.6 Å². The van der Waals surface area contributed by atoms with E-state index in [2.05, 4.69) is 4.98 Å². The maximum absolute atomic E-state index is 10.9. The Morgan fingerprint density at radius 3 is 3.00 bits per heavy atom. The van der Waals surface area contributed by atoms with Crippen molar-refractivity contribution >= 4 is 17.3 Å². The summed E-state index contributed by atoms with van der Waals surface area (Å²) in [7, 11) is 0. The maximum atomic E-state index is 10.9. The molecule has 5 heteroatoms. The molecule has 1 aromatic rings. The van der Waals surface area contributed by atoms with Crippen molar-refractivity contribution in [1.29, 1.82) is 0 Å². The summed E-state index contributed by atoms with van der Waals surface area (Å²) in [5, 5.41) is 9.80. The first-order chi connectivity index (χ1) is 7.66. The number of carboxylic acid groups (broad SMARTS) is 1. The number of carbonyl (C=O) groups is 1. The summed E-state index contributed by atoms with van der Waals surface area (Å²) in [6, 6.07) is 0. The van der Waals surface area contributed by atoms with Crippen molar-refractivity contribution in [2.24, 2.45) is 0 Å². The minimum Gasteiger partial charge on any atom is -0.477 e. The Kier molecular flexibility index (Phi) is 3.56. The molecule has 0 saturated carbocycles. The van der Waals surface area contributed by atoms with E-state index < -0.39 is 5.97 Å². The van der Waals surface area contributed by atoms with Gasteiger partial charge in [-0.1, -0.05) is 0 Å². The first-order valence-electron chi connectivity index (χ1n) is 5.48. The van der Waals surface area contributed by atoms with Crippen LogP contribution in [0.25, 0.3) is 0 Å². The summed E-state index contributed by atoms with van der Waals surface area (Å²) in [6.07, 6.45) is 4.36. The number of aromatic carboxylic acids is 1. The summed E-state index contributed by atoms with van der Waals surface area (Å²) in [6.45, 7) is 2.56. The monoisotopic (exact) mass is 241 g/mol. The Bertz CT molecular complexity index is 383. The van der Waals surface area contributed by atoms with Crippen LogP contribution < -0.4 is 0 Å². The Morgan fingerprint density at radius 1 is 1.62 bits per heavy atom. The molecule has 2 rings (SSSR count). The van der Waals surface area contributed by atoms with Gasteiger partial charge in [-0.2, -0.15) is 0 Å². The fourth-order valence-corrected chi connectivity index (χ4v) is 2.87. The highest BCUT2D eigenvalue weighted by atomic mass is 32.1. The van der Waals surface area contributed by atoms with Crippen LogP contribution in [0.3, 0.4) is 0 Å². The standard InChI is InChI=1S/C11H15NO3S/c1-7-10(11(13)14)16-9(12-7)6-8-4-2-3-5-15-8/h8H,2-6H2,1H3,(H,13,14). The number of aryl methyl sites for hydroxylation is 1. The van der Waals surface area contributed by atoms with E-state index in [9.17, 15) is 4.79 Å². The molecule has 0 spiro atoms. The van der Waals surface area contributed by atoms with Crippen molar-refractivity contribution in [2.45, 2.75) is 38.7 Å². The summed E-state index contributed by atoms with van der Waals surface area (Å²) in [5.74, 6) is -0.884. The lowest BCUT2D eigenvalue weighted by Gasteiger charge is -2.21. The fourth-order valence-electron chi connectivity index (χ4n) is 1.90. The second-order valence-electron chi connectivity index (χ2n) is 4.02.